The van der Waals surface area contributed by atoms with Crippen molar-refractivity contribution >= 4 is 15.7 Å². The summed E-state index contributed by atoms with van der Waals surface area (Å²) in [7, 11) is -3.22. The quantitative estimate of drug-likeness (QED) is 0.872. The molecule has 0 saturated carbocycles. The average Bonchev–Trinajstić information content (AvgIpc) is 2.35. The van der Waals surface area contributed by atoms with Crippen molar-refractivity contribution in [3.63, 3.8) is 0 Å². The van der Waals surface area contributed by atoms with Gasteiger partial charge in [0.05, 0.1) is 11.7 Å². The van der Waals surface area contributed by atoms with Crippen molar-refractivity contribution in [3.05, 3.63) is 35.4 Å². The van der Waals surface area contributed by atoms with E-state index in [0.29, 0.717) is 12.5 Å². The number of halogens is 2. The maximum Gasteiger partial charge on any atom is 0.227 e. The highest BCUT2D eigenvalue weighted by Crippen LogP contribution is 2.20. The van der Waals surface area contributed by atoms with Crippen molar-refractivity contribution in [3.8, 4) is 0 Å². The summed E-state index contributed by atoms with van der Waals surface area (Å²) >= 11 is 0. The second kappa shape index (κ2) is 6.98. The van der Waals surface area contributed by atoms with Crippen molar-refractivity contribution in [2.24, 2.45) is 0 Å². The minimum absolute atomic E-state index is 0.0723. The summed E-state index contributed by atoms with van der Waals surface area (Å²) in [5.74, 6) is -3.01. The van der Waals surface area contributed by atoms with Gasteiger partial charge in [0.1, 0.15) is 21.5 Å². The summed E-state index contributed by atoms with van der Waals surface area (Å²) in [5.41, 5.74) is 0.0723. The maximum absolute atomic E-state index is 13.6. The van der Waals surface area contributed by atoms with Crippen molar-refractivity contribution in [2.75, 3.05) is 12.0 Å². The topological polar surface area (TPSA) is 63.2 Å². The molecule has 118 valence electrons. The van der Waals surface area contributed by atoms with E-state index < -0.39 is 39.3 Å². The van der Waals surface area contributed by atoms with Crippen LogP contribution in [-0.2, 0) is 14.6 Å². The van der Waals surface area contributed by atoms with Crippen molar-refractivity contribution in [1.29, 1.82) is 0 Å². The molecule has 2 unspecified atom stereocenters. The normalized spacial score (nSPS) is 14.5. The van der Waals surface area contributed by atoms with Gasteiger partial charge in [0.2, 0.25) is 5.91 Å². The lowest BCUT2D eigenvalue weighted by Crippen LogP contribution is -2.41. The molecule has 7 heteroatoms. The summed E-state index contributed by atoms with van der Waals surface area (Å²) in [5, 5.41) is 2.58. The van der Waals surface area contributed by atoms with Gasteiger partial charge >= 0.3 is 0 Å². The molecule has 1 aromatic carbocycles. The third-order valence-electron chi connectivity index (χ3n) is 3.17. The number of benzene rings is 1. The van der Waals surface area contributed by atoms with Gasteiger partial charge in [0.25, 0.3) is 0 Å². The van der Waals surface area contributed by atoms with Crippen molar-refractivity contribution < 1.29 is 22.0 Å². The van der Waals surface area contributed by atoms with Gasteiger partial charge in [-0.05, 0) is 19.4 Å². The van der Waals surface area contributed by atoms with Crippen LogP contribution in [-0.4, -0.2) is 32.4 Å². The Hall–Kier alpha value is -1.50. The molecule has 21 heavy (non-hydrogen) atoms. The number of carbonyl (C=O) groups is 1. The number of nitrogens with one attached hydrogen (secondary N) is 1. The summed E-state index contributed by atoms with van der Waals surface area (Å²) in [6, 6.07) is 2.48. The van der Waals surface area contributed by atoms with Crippen LogP contribution >= 0.6 is 0 Å². The first-order valence-electron chi connectivity index (χ1n) is 6.57. The molecular weight excluding hydrogens is 300 g/mol. The molecule has 0 aromatic heterocycles. The van der Waals surface area contributed by atoms with Gasteiger partial charge in [-0.2, -0.15) is 0 Å². The van der Waals surface area contributed by atoms with E-state index in [1.807, 2.05) is 0 Å². The molecule has 4 nitrogen and oxygen atoms in total. The molecule has 0 aliphatic carbocycles. The van der Waals surface area contributed by atoms with Gasteiger partial charge < -0.3 is 5.32 Å². The number of rotatable bonds is 6. The fourth-order valence-corrected chi connectivity index (χ4v) is 3.00. The third-order valence-corrected chi connectivity index (χ3v) is 4.17. The molecule has 1 aromatic rings. The molecule has 2 atom stereocenters. The Bertz CT molecular complexity index is 617. The van der Waals surface area contributed by atoms with E-state index in [1.165, 1.54) is 13.0 Å². The number of carbonyl (C=O) groups excluding carboxylic acids is 1. The van der Waals surface area contributed by atoms with Crippen LogP contribution in [0.1, 0.15) is 31.7 Å². The maximum atomic E-state index is 13.6. The van der Waals surface area contributed by atoms with E-state index in [9.17, 15) is 22.0 Å². The molecular formula is C14H19F2NO3S. The van der Waals surface area contributed by atoms with Crippen LogP contribution in [0.25, 0.3) is 0 Å². The SMILES string of the molecule is CCC(CS(C)(=O)=O)NC(=O)C(C)c1ccc(F)cc1F. The van der Waals surface area contributed by atoms with E-state index in [0.717, 1.165) is 12.3 Å². The molecule has 0 bridgehead atoms. The lowest BCUT2D eigenvalue weighted by Gasteiger charge is -2.19. The van der Waals surface area contributed by atoms with Crippen LogP contribution in [0, 0.1) is 11.6 Å². The van der Waals surface area contributed by atoms with Gasteiger partial charge in [0.15, 0.2) is 0 Å². The zero-order chi connectivity index (χ0) is 16.2. The molecule has 0 aliphatic rings. The predicted octanol–water partition coefficient (Wildman–Crippen LogP) is 2.01. The second-order valence-corrected chi connectivity index (χ2v) is 7.28. The lowest BCUT2D eigenvalue weighted by molar-refractivity contribution is -0.122. The largest absolute Gasteiger partial charge is 0.352 e. The molecule has 0 radical (unpaired) electrons. The Balaban J connectivity index is 2.82. The van der Waals surface area contributed by atoms with E-state index in [2.05, 4.69) is 5.32 Å². The predicted molar refractivity (Wildman–Crippen MR) is 76.7 cm³/mol. The van der Waals surface area contributed by atoms with E-state index in [1.54, 1.807) is 6.92 Å². The van der Waals surface area contributed by atoms with Crippen molar-refractivity contribution in [1.82, 2.24) is 5.32 Å². The smallest absolute Gasteiger partial charge is 0.227 e. The zero-order valence-corrected chi connectivity index (χ0v) is 13.0. The van der Waals surface area contributed by atoms with Crippen LogP contribution in [0.3, 0.4) is 0 Å². The third kappa shape index (κ3) is 5.41. The van der Waals surface area contributed by atoms with Gasteiger partial charge in [0, 0.05) is 23.9 Å². The van der Waals surface area contributed by atoms with Crippen LogP contribution in [0.4, 0.5) is 8.78 Å². The van der Waals surface area contributed by atoms with Gasteiger partial charge in [-0.1, -0.05) is 13.0 Å². The lowest BCUT2D eigenvalue weighted by atomic mass is 9.99. The standard InChI is InChI=1S/C14H19F2NO3S/c1-4-11(8-21(3,19)20)17-14(18)9(2)12-6-5-10(15)7-13(12)16/h5-7,9,11H,4,8H2,1-3H3,(H,17,18). The highest BCUT2D eigenvalue weighted by atomic mass is 32.2. The van der Waals surface area contributed by atoms with E-state index >= 15 is 0 Å². The molecule has 0 aliphatic heterocycles. The molecule has 1 amide bonds. The average molecular weight is 319 g/mol. The first-order valence-corrected chi connectivity index (χ1v) is 8.63. The van der Waals surface area contributed by atoms with Gasteiger partial charge in [-0.25, -0.2) is 17.2 Å². The van der Waals surface area contributed by atoms with Gasteiger partial charge in [-0.15, -0.1) is 0 Å². The number of hydrogen-bond donors (Lipinski definition) is 1. The first kappa shape index (κ1) is 17.6. The van der Waals surface area contributed by atoms with E-state index in [4.69, 9.17) is 0 Å². The monoisotopic (exact) mass is 319 g/mol. The Morgan fingerprint density at radius 2 is 1.95 bits per heavy atom. The molecule has 0 heterocycles. The summed E-state index contributed by atoms with van der Waals surface area (Å²) in [6.07, 6.45) is 1.53. The molecule has 0 fully saturated rings. The highest BCUT2D eigenvalue weighted by molar-refractivity contribution is 7.90. The Kier molecular flexibility index (Phi) is 5.83. The summed E-state index contributed by atoms with van der Waals surface area (Å²) in [6.45, 7) is 3.23. The summed E-state index contributed by atoms with van der Waals surface area (Å²) in [4.78, 5) is 12.1. The summed E-state index contributed by atoms with van der Waals surface area (Å²) < 4.78 is 49.0. The van der Waals surface area contributed by atoms with Crippen LogP contribution in [0.2, 0.25) is 0 Å². The molecule has 1 N–H and O–H groups in total. The Labute approximate surface area is 123 Å². The fraction of sp³-hybridized carbons (Fsp3) is 0.500. The Morgan fingerprint density at radius 3 is 2.43 bits per heavy atom. The molecule has 0 saturated heterocycles. The molecule has 0 spiro atoms. The zero-order valence-electron chi connectivity index (χ0n) is 12.2. The van der Waals surface area contributed by atoms with Crippen LogP contribution in [0.5, 0.6) is 0 Å². The van der Waals surface area contributed by atoms with Crippen molar-refractivity contribution in [2.45, 2.75) is 32.2 Å². The van der Waals surface area contributed by atoms with Crippen LogP contribution in [0.15, 0.2) is 18.2 Å². The Morgan fingerprint density at radius 1 is 1.33 bits per heavy atom. The van der Waals surface area contributed by atoms with E-state index in [-0.39, 0.29) is 11.3 Å². The fourth-order valence-electron chi connectivity index (χ4n) is 1.95. The second-order valence-electron chi connectivity index (χ2n) is 5.09. The number of hydrogen-bond acceptors (Lipinski definition) is 3. The number of sulfone groups is 1. The van der Waals surface area contributed by atoms with Crippen LogP contribution < -0.4 is 5.32 Å². The highest BCUT2D eigenvalue weighted by Gasteiger charge is 2.23. The minimum atomic E-state index is -3.22. The first-order chi connectivity index (χ1) is 9.64. The molecule has 1 rings (SSSR count). The minimum Gasteiger partial charge on any atom is -0.352 e. The van der Waals surface area contributed by atoms with Gasteiger partial charge in [-0.3, -0.25) is 4.79 Å². The number of amides is 1.